The Morgan fingerprint density at radius 1 is 0.767 bits per heavy atom. The number of halogens is 1. The van der Waals surface area contributed by atoms with Gasteiger partial charge in [0.1, 0.15) is 18.3 Å². The van der Waals surface area contributed by atoms with Crippen LogP contribution in [0.2, 0.25) is 5.02 Å². The van der Waals surface area contributed by atoms with Crippen LogP contribution in [0.25, 0.3) is 0 Å². The lowest BCUT2D eigenvalue weighted by atomic mass is 9.86. The second kappa shape index (κ2) is 14.3. The third-order valence-corrected chi connectivity index (χ3v) is 7.89. The fraction of sp³-hybridized carbons (Fsp3) is 0.286. The molecule has 0 amide bonds. The van der Waals surface area contributed by atoms with Gasteiger partial charge in [-0.1, -0.05) is 116 Å². The number of aliphatic hydroxyl groups is 1. The molecule has 8 heteroatoms. The lowest BCUT2D eigenvalue weighted by molar-refractivity contribution is -0.374. The molecule has 0 saturated carbocycles. The average Bonchev–Trinajstić information content (AvgIpc) is 3.04. The molecule has 43 heavy (non-hydrogen) atoms. The van der Waals surface area contributed by atoms with Gasteiger partial charge in [-0.2, -0.15) is 0 Å². The molecule has 1 fully saturated rings. The van der Waals surface area contributed by atoms with Gasteiger partial charge >= 0.3 is 5.97 Å². The summed E-state index contributed by atoms with van der Waals surface area (Å²) in [6.45, 7) is 2.61. The van der Waals surface area contributed by atoms with Crippen molar-refractivity contribution in [2.75, 3.05) is 0 Å². The van der Waals surface area contributed by atoms with Gasteiger partial charge < -0.3 is 29.2 Å². The summed E-state index contributed by atoms with van der Waals surface area (Å²) in [6, 6.07) is 33.4. The Balaban J connectivity index is 1.56. The monoisotopic (exact) mass is 602 g/mol. The summed E-state index contributed by atoms with van der Waals surface area (Å²) in [6.07, 6.45) is -2.67. The average molecular weight is 603 g/mol. The van der Waals surface area contributed by atoms with E-state index in [0.717, 1.165) is 16.7 Å². The van der Waals surface area contributed by atoms with Gasteiger partial charge in [-0.25, -0.2) is 4.79 Å². The molecule has 1 heterocycles. The first kappa shape index (κ1) is 30.9. The summed E-state index contributed by atoms with van der Waals surface area (Å²) in [7, 11) is 0. The molecule has 0 spiro atoms. The summed E-state index contributed by atoms with van der Waals surface area (Å²) in [4.78, 5) is 12.0. The van der Waals surface area contributed by atoms with E-state index < -0.39 is 36.2 Å². The molecule has 4 aromatic carbocycles. The third kappa shape index (κ3) is 7.33. The fourth-order valence-corrected chi connectivity index (χ4v) is 5.52. The number of hydrogen-bond donors (Lipinski definition) is 2. The summed E-state index contributed by atoms with van der Waals surface area (Å²) in [5.74, 6) is -3.31. The zero-order chi connectivity index (χ0) is 30.2. The number of carboxylic acid groups (broad SMARTS) is 1. The zero-order valence-corrected chi connectivity index (χ0v) is 24.6. The van der Waals surface area contributed by atoms with E-state index in [1.807, 2.05) is 97.9 Å². The largest absolute Gasteiger partial charge is 0.478 e. The number of aromatic carboxylic acids is 1. The van der Waals surface area contributed by atoms with Crippen molar-refractivity contribution < 1.29 is 34.0 Å². The van der Waals surface area contributed by atoms with Crippen LogP contribution in [-0.2, 0) is 44.6 Å². The van der Waals surface area contributed by atoms with Crippen LogP contribution in [0.3, 0.4) is 0 Å². The van der Waals surface area contributed by atoms with E-state index in [2.05, 4.69) is 0 Å². The summed E-state index contributed by atoms with van der Waals surface area (Å²) in [5.41, 5.74) is 2.84. The first-order valence-electron chi connectivity index (χ1n) is 14.3. The second-order valence-electron chi connectivity index (χ2n) is 10.5. The number of benzene rings is 4. The van der Waals surface area contributed by atoms with Crippen LogP contribution in [0.5, 0.6) is 0 Å². The van der Waals surface area contributed by atoms with Crippen LogP contribution < -0.4 is 0 Å². The zero-order valence-electron chi connectivity index (χ0n) is 23.8. The highest BCUT2D eigenvalue weighted by molar-refractivity contribution is 6.33. The lowest BCUT2D eigenvalue weighted by Gasteiger charge is -2.50. The van der Waals surface area contributed by atoms with Gasteiger partial charge in [-0.3, -0.25) is 0 Å². The maximum atomic E-state index is 12.4. The number of carboxylic acids is 1. The minimum absolute atomic E-state index is 0.0467. The Morgan fingerprint density at radius 2 is 1.26 bits per heavy atom. The molecule has 2 N–H and O–H groups in total. The van der Waals surface area contributed by atoms with E-state index >= 15 is 0 Å². The predicted octanol–water partition coefficient (Wildman–Crippen LogP) is 6.75. The van der Waals surface area contributed by atoms with Gasteiger partial charge in [0.15, 0.2) is 0 Å². The van der Waals surface area contributed by atoms with Gasteiger partial charge in [0.25, 0.3) is 0 Å². The van der Waals surface area contributed by atoms with Gasteiger partial charge in [-0.05, 0) is 35.2 Å². The topological polar surface area (TPSA) is 94.5 Å². The molecule has 5 atom stereocenters. The minimum Gasteiger partial charge on any atom is -0.478 e. The van der Waals surface area contributed by atoms with E-state index in [0.29, 0.717) is 13.0 Å². The van der Waals surface area contributed by atoms with Gasteiger partial charge in [0.2, 0.25) is 5.79 Å². The Morgan fingerprint density at radius 3 is 1.74 bits per heavy atom. The second-order valence-corrected chi connectivity index (χ2v) is 10.9. The summed E-state index contributed by atoms with van der Waals surface area (Å²) >= 11 is 6.20. The molecule has 1 aliphatic rings. The first-order chi connectivity index (χ1) is 20.9. The molecule has 0 radical (unpaired) electrons. The summed E-state index contributed by atoms with van der Waals surface area (Å²) in [5, 5.41) is 22.3. The molecular formula is C35H35ClO7. The smallest absolute Gasteiger partial charge is 0.337 e. The van der Waals surface area contributed by atoms with E-state index in [-0.39, 0.29) is 29.4 Å². The SMILES string of the molecule is CC[C@H]1OC(O)(c2ccc(Cl)c(C(=O)O)c2)[C@H](OCc2ccccc2)[C@@H](OCc2ccccc2)[C@@H]1OCc1ccccc1. The molecule has 1 saturated heterocycles. The maximum Gasteiger partial charge on any atom is 0.337 e. The molecule has 0 bridgehead atoms. The number of rotatable bonds is 12. The quantitative estimate of drug-likeness (QED) is 0.185. The van der Waals surface area contributed by atoms with E-state index in [4.69, 9.17) is 30.5 Å². The van der Waals surface area contributed by atoms with Gasteiger partial charge in [-0.15, -0.1) is 0 Å². The normalized spacial score (nSPS) is 23.6. The lowest BCUT2D eigenvalue weighted by Crippen LogP contribution is -2.64. The van der Waals surface area contributed by atoms with E-state index in [9.17, 15) is 15.0 Å². The molecule has 224 valence electrons. The molecule has 1 aliphatic heterocycles. The number of carbonyl (C=O) groups is 1. The fourth-order valence-electron chi connectivity index (χ4n) is 5.32. The minimum atomic E-state index is -2.09. The van der Waals surface area contributed by atoms with Crippen molar-refractivity contribution >= 4 is 17.6 Å². The maximum absolute atomic E-state index is 12.4. The van der Waals surface area contributed by atoms with Crippen LogP contribution in [0.15, 0.2) is 109 Å². The highest BCUT2D eigenvalue weighted by Gasteiger charge is 2.57. The standard InChI is InChI=1S/C35H35ClO7/c1-2-30-31(40-21-24-12-6-3-7-13-24)32(41-22-25-14-8-4-9-15-25)33(42-23-26-16-10-5-11-17-26)35(39,43-30)27-18-19-29(36)28(20-27)34(37)38/h3-20,30-33,39H,2,21-23H2,1H3,(H,37,38)/t30-,31-,32+,33-,35?/m1/s1. The molecular weight excluding hydrogens is 568 g/mol. The summed E-state index contributed by atoms with van der Waals surface area (Å²) < 4.78 is 26.0. The van der Waals surface area contributed by atoms with Crippen LogP contribution in [0.1, 0.15) is 46.0 Å². The Labute approximate surface area is 256 Å². The van der Waals surface area contributed by atoms with Gasteiger partial charge in [0, 0.05) is 5.56 Å². The molecule has 0 aromatic heterocycles. The predicted molar refractivity (Wildman–Crippen MR) is 163 cm³/mol. The molecule has 4 aromatic rings. The van der Waals surface area contributed by atoms with Crippen molar-refractivity contribution in [3.8, 4) is 0 Å². The Hall–Kier alpha value is -3.56. The molecule has 5 rings (SSSR count). The van der Waals surface area contributed by atoms with Crippen molar-refractivity contribution in [3.05, 3.63) is 142 Å². The number of hydrogen-bond acceptors (Lipinski definition) is 6. The van der Waals surface area contributed by atoms with Crippen LogP contribution in [0.4, 0.5) is 0 Å². The Bertz CT molecular complexity index is 1470. The van der Waals surface area contributed by atoms with Crippen LogP contribution in [0, 0.1) is 0 Å². The van der Waals surface area contributed by atoms with Crippen molar-refractivity contribution in [1.82, 2.24) is 0 Å². The third-order valence-electron chi connectivity index (χ3n) is 7.56. The van der Waals surface area contributed by atoms with Crippen molar-refractivity contribution in [2.24, 2.45) is 0 Å². The first-order valence-corrected chi connectivity index (χ1v) is 14.7. The van der Waals surface area contributed by atoms with Crippen molar-refractivity contribution in [1.29, 1.82) is 0 Å². The highest BCUT2D eigenvalue weighted by Crippen LogP contribution is 2.43. The van der Waals surface area contributed by atoms with Gasteiger partial charge in [0.05, 0.1) is 36.5 Å². The highest BCUT2D eigenvalue weighted by atomic mass is 35.5. The Kier molecular flexibility index (Phi) is 10.3. The molecule has 1 unspecified atom stereocenters. The van der Waals surface area contributed by atoms with Crippen molar-refractivity contribution in [2.45, 2.75) is 63.4 Å². The van der Waals surface area contributed by atoms with Crippen LogP contribution >= 0.6 is 11.6 Å². The molecule has 0 aliphatic carbocycles. The van der Waals surface area contributed by atoms with Crippen LogP contribution in [-0.4, -0.2) is 40.6 Å². The van der Waals surface area contributed by atoms with E-state index in [1.165, 1.54) is 12.1 Å². The molecule has 7 nitrogen and oxygen atoms in total. The number of ether oxygens (including phenoxy) is 4. The van der Waals surface area contributed by atoms with E-state index in [1.54, 1.807) is 6.07 Å². The van der Waals surface area contributed by atoms with Crippen molar-refractivity contribution in [3.63, 3.8) is 0 Å².